The molecule has 3 heteroatoms. The number of rotatable bonds is 2. The number of hydrogen-bond donors (Lipinski definition) is 0. The molecule has 0 saturated carbocycles. The molecule has 1 fully saturated rings. The Morgan fingerprint density at radius 1 is 1.50 bits per heavy atom. The van der Waals surface area contributed by atoms with Crippen molar-refractivity contribution in [2.24, 2.45) is 5.41 Å². The highest BCUT2D eigenvalue weighted by Gasteiger charge is 2.35. The van der Waals surface area contributed by atoms with Gasteiger partial charge >= 0.3 is 5.97 Å². The largest absolute Gasteiger partial charge is 0.466 e. The van der Waals surface area contributed by atoms with Crippen LogP contribution in [0.15, 0.2) is 0 Å². The van der Waals surface area contributed by atoms with Gasteiger partial charge in [0, 0.05) is 0 Å². The summed E-state index contributed by atoms with van der Waals surface area (Å²) >= 11 is 1.92. The first-order valence-corrected chi connectivity index (χ1v) is 5.59. The molecule has 1 aliphatic heterocycles. The summed E-state index contributed by atoms with van der Waals surface area (Å²) in [7, 11) is 0. The Balaban J connectivity index is 2.50. The van der Waals surface area contributed by atoms with Crippen molar-refractivity contribution in [1.29, 1.82) is 0 Å². The summed E-state index contributed by atoms with van der Waals surface area (Å²) in [4.78, 5) is 11.5. The van der Waals surface area contributed by atoms with Gasteiger partial charge < -0.3 is 4.74 Å². The lowest BCUT2D eigenvalue weighted by Gasteiger charge is -2.30. The van der Waals surface area contributed by atoms with E-state index in [-0.39, 0.29) is 11.4 Å². The standard InChI is InChI=1S/C9H16O2S/c1-3-11-8(10)9(2)4-6-12-7-5-9/h3-7H2,1-2H3. The topological polar surface area (TPSA) is 26.3 Å². The predicted octanol–water partition coefficient (Wildman–Crippen LogP) is 2.08. The molecule has 12 heavy (non-hydrogen) atoms. The van der Waals surface area contributed by atoms with E-state index >= 15 is 0 Å². The van der Waals surface area contributed by atoms with Crippen molar-refractivity contribution in [3.05, 3.63) is 0 Å². The van der Waals surface area contributed by atoms with Gasteiger partial charge in [0.25, 0.3) is 0 Å². The summed E-state index contributed by atoms with van der Waals surface area (Å²) in [6, 6.07) is 0. The summed E-state index contributed by atoms with van der Waals surface area (Å²) in [6.07, 6.45) is 1.94. The van der Waals surface area contributed by atoms with Gasteiger partial charge in [0.05, 0.1) is 12.0 Å². The van der Waals surface area contributed by atoms with Gasteiger partial charge in [-0.15, -0.1) is 0 Å². The summed E-state index contributed by atoms with van der Waals surface area (Å²) < 4.78 is 5.04. The minimum atomic E-state index is -0.193. The number of carbonyl (C=O) groups is 1. The van der Waals surface area contributed by atoms with Crippen molar-refractivity contribution < 1.29 is 9.53 Å². The molecule has 1 saturated heterocycles. The summed E-state index contributed by atoms with van der Waals surface area (Å²) in [5, 5.41) is 0. The van der Waals surface area contributed by atoms with E-state index in [1.165, 1.54) is 0 Å². The Morgan fingerprint density at radius 3 is 2.58 bits per heavy atom. The quantitative estimate of drug-likeness (QED) is 0.621. The van der Waals surface area contributed by atoms with Crippen molar-refractivity contribution in [1.82, 2.24) is 0 Å². The molecule has 0 aromatic rings. The number of ether oxygens (including phenoxy) is 1. The van der Waals surface area contributed by atoms with Crippen LogP contribution in [-0.4, -0.2) is 24.1 Å². The lowest BCUT2D eigenvalue weighted by atomic mass is 9.84. The molecule has 1 aliphatic rings. The van der Waals surface area contributed by atoms with Gasteiger partial charge in [-0.1, -0.05) is 0 Å². The van der Waals surface area contributed by atoms with Crippen LogP contribution in [0.4, 0.5) is 0 Å². The Morgan fingerprint density at radius 2 is 2.08 bits per heavy atom. The van der Waals surface area contributed by atoms with Gasteiger partial charge in [-0.2, -0.15) is 11.8 Å². The molecular formula is C9H16O2S. The lowest BCUT2D eigenvalue weighted by Crippen LogP contribution is -2.33. The molecule has 0 spiro atoms. The fourth-order valence-corrected chi connectivity index (χ4v) is 2.73. The second-order valence-corrected chi connectivity index (χ2v) is 4.62. The number of carbonyl (C=O) groups excluding carboxylic acids is 1. The normalized spacial score (nSPS) is 21.8. The maximum Gasteiger partial charge on any atom is 0.311 e. The molecule has 0 unspecified atom stereocenters. The van der Waals surface area contributed by atoms with E-state index in [4.69, 9.17) is 4.74 Å². The van der Waals surface area contributed by atoms with Gasteiger partial charge in [0.15, 0.2) is 0 Å². The minimum absolute atomic E-state index is 0.00898. The van der Waals surface area contributed by atoms with Crippen LogP contribution in [-0.2, 0) is 9.53 Å². The van der Waals surface area contributed by atoms with Crippen molar-refractivity contribution in [3.63, 3.8) is 0 Å². The van der Waals surface area contributed by atoms with Gasteiger partial charge in [0.2, 0.25) is 0 Å². The van der Waals surface area contributed by atoms with E-state index in [0.29, 0.717) is 6.61 Å². The Labute approximate surface area is 78.1 Å². The van der Waals surface area contributed by atoms with Crippen molar-refractivity contribution in [2.75, 3.05) is 18.1 Å². The Hall–Kier alpha value is -0.180. The summed E-state index contributed by atoms with van der Waals surface area (Å²) in [6.45, 7) is 4.38. The second kappa shape index (κ2) is 4.17. The lowest BCUT2D eigenvalue weighted by molar-refractivity contribution is -0.154. The van der Waals surface area contributed by atoms with E-state index < -0.39 is 0 Å². The van der Waals surface area contributed by atoms with E-state index in [2.05, 4.69) is 0 Å². The molecule has 1 heterocycles. The molecule has 0 aliphatic carbocycles. The van der Waals surface area contributed by atoms with Crippen LogP contribution in [0.3, 0.4) is 0 Å². The Kier molecular flexibility index (Phi) is 3.44. The first-order chi connectivity index (χ1) is 5.69. The smallest absolute Gasteiger partial charge is 0.311 e. The maximum atomic E-state index is 11.5. The van der Waals surface area contributed by atoms with E-state index in [1.54, 1.807) is 0 Å². The molecule has 0 atom stereocenters. The molecule has 0 bridgehead atoms. The highest BCUT2D eigenvalue weighted by atomic mass is 32.2. The zero-order valence-electron chi connectivity index (χ0n) is 7.76. The van der Waals surface area contributed by atoms with E-state index in [9.17, 15) is 4.79 Å². The number of thioether (sulfide) groups is 1. The fourth-order valence-electron chi connectivity index (χ4n) is 1.33. The average Bonchev–Trinajstić information content (AvgIpc) is 2.06. The highest BCUT2D eigenvalue weighted by Crippen LogP contribution is 2.35. The molecular weight excluding hydrogens is 172 g/mol. The molecule has 0 aromatic carbocycles. The third kappa shape index (κ3) is 2.16. The predicted molar refractivity (Wildman–Crippen MR) is 51.3 cm³/mol. The highest BCUT2D eigenvalue weighted by molar-refractivity contribution is 7.99. The van der Waals surface area contributed by atoms with Crippen LogP contribution in [0, 0.1) is 5.41 Å². The molecule has 0 N–H and O–H groups in total. The average molecular weight is 188 g/mol. The van der Waals surface area contributed by atoms with Crippen LogP contribution in [0.5, 0.6) is 0 Å². The maximum absolute atomic E-state index is 11.5. The molecule has 0 radical (unpaired) electrons. The van der Waals surface area contributed by atoms with E-state index in [0.717, 1.165) is 24.3 Å². The van der Waals surface area contributed by atoms with Crippen LogP contribution >= 0.6 is 11.8 Å². The van der Waals surface area contributed by atoms with Crippen LogP contribution in [0.1, 0.15) is 26.7 Å². The van der Waals surface area contributed by atoms with Crippen molar-refractivity contribution >= 4 is 17.7 Å². The minimum Gasteiger partial charge on any atom is -0.466 e. The van der Waals surface area contributed by atoms with Crippen LogP contribution < -0.4 is 0 Å². The molecule has 0 aromatic heterocycles. The third-order valence-electron chi connectivity index (χ3n) is 2.36. The molecule has 1 rings (SSSR count). The second-order valence-electron chi connectivity index (χ2n) is 3.39. The van der Waals surface area contributed by atoms with Gasteiger partial charge in [-0.25, -0.2) is 0 Å². The number of hydrogen-bond acceptors (Lipinski definition) is 3. The summed E-state index contributed by atoms with van der Waals surface area (Å²) in [5.74, 6) is 2.18. The van der Waals surface area contributed by atoms with E-state index in [1.807, 2.05) is 25.6 Å². The van der Waals surface area contributed by atoms with Gasteiger partial charge in [-0.05, 0) is 38.2 Å². The van der Waals surface area contributed by atoms with Crippen LogP contribution in [0.25, 0.3) is 0 Å². The SMILES string of the molecule is CCOC(=O)C1(C)CCSCC1. The molecule has 2 nitrogen and oxygen atoms in total. The zero-order valence-corrected chi connectivity index (χ0v) is 8.58. The molecule has 0 amide bonds. The monoisotopic (exact) mass is 188 g/mol. The third-order valence-corrected chi connectivity index (χ3v) is 3.35. The number of esters is 1. The fraction of sp³-hybridized carbons (Fsp3) is 0.889. The van der Waals surface area contributed by atoms with Gasteiger partial charge in [0.1, 0.15) is 0 Å². The van der Waals surface area contributed by atoms with Gasteiger partial charge in [-0.3, -0.25) is 4.79 Å². The summed E-state index contributed by atoms with van der Waals surface area (Å²) in [5.41, 5.74) is -0.193. The zero-order chi connectivity index (χ0) is 9.03. The van der Waals surface area contributed by atoms with Crippen LogP contribution in [0.2, 0.25) is 0 Å². The van der Waals surface area contributed by atoms with Crippen molar-refractivity contribution in [3.8, 4) is 0 Å². The molecule has 70 valence electrons. The Bertz CT molecular complexity index is 162. The van der Waals surface area contributed by atoms with Crippen molar-refractivity contribution in [2.45, 2.75) is 26.7 Å². The first kappa shape index (κ1) is 9.90. The first-order valence-electron chi connectivity index (χ1n) is 4.44.